The van der Waals surface area contributed by atoms with Gasteiger partial charge < -0.3 is 0 Å². The molecule has 0 bridgehead atoms. The van der Waals surface area contributed by atoms with Crippen molar-refractivity contribution in [2.75, 3.05) is 0 Å². The van der Waals surface area contributed by atoms with Crippen LogP contribution in [0.15, 0.2) is 261 Å². The summed E-state index contributed by atoms with van der Waals surface area (Å²) in [5, 5.41) is 0. The fourth-order valence-corrected chi connectivity index (χ4v) is 9.18. The zero-order chi connectivity index (χ0) is 44.1. The van der Waals surface area contributed by atoms with Gasteiger partial charge in [-0.1, -0.05) is 261 Å². The van der Waals surface area contributed by atoms with Gasteiger partial charge in [0.25, 0.3) is 0 Å². The molecule has 1 heterocycles. The lowest BCUT2D eigenvalue weighted by molar-refractivity contribution is 1.07. The molecule has 0 saturated carbocycles. The van der Waals surface area contributed by atoms with Gasteiger partial charge in [-0.3, -0.25) is 0 Å². The van der Waals surface area contributed by atoms with Crippen LogP contribution in [0, 0.1) is 0 Å². The fraction of sp³-hybridized carbons (Fsp3) is 0. The quantitative estimate of drug-likeness (QED) is 0.138. The van der Waals surface area contributed by atoms with Crippen LogP contribution in [0.1, 0.15) is 0 Å². The van der Waals surface area contributed by atoms with Crippen molar-refractivity contribution in [1.82, 2.24) is 15.0 Å². The molecule has 1 aromatic heterocycles. The van der Waals surface area contributed by atoms with Gasteiger partial charge in [-0.2, -0.15) is 0 Å². The number of benzene rings is 10. The molecule has 3 nitrogen and oxygen atoms in total. The molecule has 0 radical (unpaired) electrons. The smallest absolute Gasteiger partial charge is 0.164 e. The van der Waals surface area contributed by atoms with Gasteiger partial charge in [0, 0.05) is 16.7 Å². The van der Waals surface area contributed by atoms with Crippen molar-refractivity contribution in [3.8, 4) is 112 Å². The molecule has 11 rings (SSSR count). The number of aromatic nitrogens is 3. The van der Waals surface area contributed by atoms with Crippen molar-refractivity contribution in [2.45, 2.75) is 0 Å². The summed E-state index contributed by atoms with van der Waals surface area (Å²) in [4.78, 5) is 15.5. The minimum Gasteiger partial charge on any atom is -0.208 e. The third-order valence-electron chi connectivity index (χ3n) is 12.2. The second kappa shape index (κ2) is 18.1. The Morgan fingerprint density at radius 3 is 0.697 bits per heavy atom. The Labute approximate surface area is 386 Å². The van der Waals surface area contributed by atoms with Crippen LogP contribution < -0.4 is 0 Å². The molecule has 0 fully saturated rings. The van der Waals surface area contributed by atoms with Crippen LogP contribution in [0.5, 0.6) is 0 Å². The van der Waals surface area contributed by atoms with E-state index in [2.05, 4.69) is 231 Å². The van der Waals surface area contributed by atoms with Crippen LogP contribution in [-0.2, 0) is 0 Å². The summed E-state index contributed by atoms with van der Waals surface area (Å²) in [6.45, 7) is 0. The molecule has 0 aliphatic carbocycles. The van der Waals surface area contributed by atoms with Crippen LogP contribution in [0.2, 0.25) is 0 Å². The Morgan fingerprint density at radius 2 is 0.364 bits per heavy atom. The molecule has 3 heteroatoms. The summed E-state index contributed by atoms with van der Waals surface area (Å²) in [7, 11) is 0. The van der Waals surface area contributed by atoms with E-state index in [1.54, 1.807) is 0 Å². The summed E-state index contributed by atoms with van der Waals surface area (Å²) in [5.74, 6) is 1.85. The molecule has 10 aromatic carbocycles. The van der Waals surface area contributed by atoms with Crippen molar-refractivity contribution in [1.29, 1.82) is 0 Å². The first-order chi connectivity index (χ1) is 32.8. The van der Waals surface area contributed by atoms with Crippen LogP contribution in [0.4, 0.5) is 0 Å². The van der Waals surface area contributed by atoms with Gasteiger partial charge >= 0.3 is 0 Å². The molecule has 0 saturated heterocycles. The third kappa shape index (κ3) is 7.80. The van der Waals surface area contributed by atoms with Crippen molar-refractivity contribution in [3.05, 3.63) is 261 Å². The molecule has 0 aliphatic heterocycles. The molecule has 66 heavy (non-hydrogen) atoms. The average molecular weight is 842 g/mol. The summed E-state index contributed by atoms with van der Waals surface area (Å²) >= 11 is 0. The first kappa shape index (κ1) is 40.0. The molecular formula is C63H43N3. The average Bonchev–Trinajstić information content (AvgIpc) is 3.41. The molecule has 0 unspecified atom stereocenters. The van der Waals surface area contributed by atoms with Gasteiger partial charge in [0.1, 0.15) is 0 Å². The zero-order valence-corrected chi connectivity index (χ0v) is 36.2. The van der Waals surface area contributed by atoms with Gasteiger partial charge in [-0.25, -0.2) is 15.0 Å². The normalized spacial score (nSPS) is 11.0. The molecule has 0 spiro atoms. The van der Waals surface area contributed by atoms with Crippen molar-refractivity contribution in [3.63, 3.8) is 0 Å². The van der Waals surface area contributed by atoms with E-state index >= 15 is 0 Å². The van der Waals surface area contributed by atoms with E-state index in [0.717, 1.165) is 66.8 Å². The Kier molecular flexibility index (Phi) is 11.0. The summed E-state index contributed by atoms with van der Waals surface area (Å²) in [6, 6.07) is 92.2. The SMILES string of the molecule is c1ccc(-c2nc(-c3ccc(-c4c(-c5ccccc5)c(-c5ccccc5)c(-c5ccccc5)c(-c5ccccc5)c4-c4ccccc4)cc3)nc(-c3ccccc3-c3ccccc3)n2)cc1. The van der Waals surface area contributed by atoms with E-state index < -0.39 is 0 Å². The number of hydrogen-bond donors (Lipinski definition) is 0. The standard InChI is InChI=1S/C63H43N3/c1-8-24-44(25-9-1)53-38-22-23-39-54(53)63-65-61(51-36-20-7-21-37-51)64-62(66-63)52-42-40-50(41-43-52)60-58(48-32-16-5-17-33-48)56(46-28-12-3-13-29-46)55(45-26-10-2-11-27-45)57(47-30-14-4-15-31-47)59(60)49-34-18-6-19-35-49/h1-43H. The van der Waals surface area contributed by atoms with Crippen LogP contribution in [0.3, 0.4) is 0 Å². The molecule has 11 aromatic rings. The lowest BCUT2D eigenvalue weighted by Gasteiger charge is -2.28. The van der Waals surface area contributed by atoms with Crippen molar-refractivity contribution < 1.29 is 0 Å². The van der Waals surface area contributed by atoms with Crippen LogP contribution >= 0.6 is 0 Å². The fourth-order valence-electron chi connectivity index (χ4n) is 9.18. The molecular weight excluding hydrogens is 799 g/mol. The number of hydrogen-bond acceptors (Lipinski definition) is 3. The minimum absolute atomic E-state index is 0.606. The maximum Gasteiger partial charge on any atom is 0.164 e. The predicted octanol–water partition coefficient (Wildman–Crippen LogP) is 16.5. The topological polar surface area (TPSA) is 38.7 Å². The highest BCUT2D eigenvalue weighted by molar-refractivity contribution is 6.15. The molecule has 0 N–H and O–H groups in total. The highest BCUT2D eigenvalue weighted by atomic mass is 15.0. The van der Waals surface area contributed by atoms with Gasteiger partial charge in [-0.15, -0.1) is 0 Å². The van der Waals surface area contributed by atoms with E-state index in [-0.39, 0.29) is 0 Å². The largest absolute Gasteiger partial charge is 0.208 e. The minimum atomic E-state index is 0.606. The Balaban J connectivity index is 1.20. The Bertz CT molecular complexity index is 3290. The summed E-state index contributed by atoms with van der Waals surface area (Å²) in [6.07, 6.45) is 0. The molecule has 0 aliphatic rings. The van der Waals surface area contributed by atoms with Gasteiger partial charge in [-0.05, 0) is 77.9 Å². The highest BCUT2D eigenvalue weighted by Gasteiger charge is 2.29. The predicted molar refractivity (Wildman–Crippen MR) is 274 cm³/mol. The zero-order valence-electron chi connectivity index (χ0n) is 36.2. The maximum atomic E-state index is 5.25. The number of nitrogens with zero attached hydrogens (tertiary/aromatic N) is 3. The lowest BCUT2D eigenvalue weighted by Crippen LogP contribution is -2.02. The van der Waals surface area contributed by atoms with Crippen molar-refractivity contribution >= 4 is 0 Å². The van der Waals surface area contributed by atoms with Gasteiger partial charge in [0.15, 0.2) is 17.5 Å². The van der Waals surface area contributed by atoms with Crippen LogP contribution in [-0.4, -0.2) is 15.0 Å². The Hall–Kier alpha value is -8.79. The third-order valence-corrected chi connectivity index (χ3v) is 12.2. The van der Waals surface area contributed by atoms with E-state index in [1.165, 1.54) is 27.8 Å². The van der Waals surface area contributed by atoms with Crippen LogP contribution in [0.25, 0.3) is 112 Å². The van der Waals surface area contributed by atoms with E-state index in [9.17, 15) is 0 Å². The molecule has 310 valence electrons. The van der Waals surface area contributed by atoms with E-state index in [4.69, 9.17) is 15.0 Å². The van der Waals surface area contributed by atoms with Gasteiger partial charge in [0.2, 0.25) is 0 Å². The first-order valence-electron chi connectivity index (χ1n) is 22.4. The first-order valence-corrected chi connectivity index (χ1v) is 22.4. The van der Waals surface area contributed by atoms with Crippen molar-refractivity contribution in [2.24, 2.45) is 0 Å². The summed E-state index contributed by atoms with van der Waals surface area (Å²) in [5.41, 5.74) is 18.8. The monoisotopic (exact) mass is 841 g/mol. The number of rotatable bonds is 10. The molecule has 0 amide bonds. The second-order valence-electron chi connectivity index (χ2n) is 16.2. The van der Waals surface area contributed by atoms with E-state index in [0.29, 0.717) is 17.5 Å². The lowest BCUT2D eigenvalue weighted by atomic mass is 9.74. The highest BCUT2D eigenvalue weighted by Crippen LogP contribution is 2.56. The Morgan fingerprint density at radius 1 is 0.152 bits per heavy atom. The van der Waals surface area contributed by atoms with Gasteiger partial charge in [0.05, 0.1) is 0 Å². The summed E-state index contributed by atoms with van der Waals surface area (Å²) < 4.78 is 0. The van der Waals surface area contributed by atoms with E-state index in [1.807, 2.05) is 30.3 Å². The molecule has 0 atom stereocenters. The second-order valence-corrected chi connectivity index (χ2v) is 16.2. The maximum absolute atomic E-state index is 5.25.